The van der Waals surface area contributed by atoms with E-state index in [1.54, 1.807) is 11.0 Å². The molecule has 2 aromatic heterocycles. The first-order valence-corrected chi connectivity index (χ1v) is 10.9. The highest BCUT2D eigenvalue weighted by Gasteiger charge is 2.24. The van der Waals surface area contributed by atoms with Crippen molar-refractivity contribution in [3.05, 3.63) is 77.1 Å². The van der Waals surface area contributed by atoms with Crippen molar-refractivity contribution >= 4 is 34.5 Å². The molecule has 0 atom stereocenters. The van der Waals surface area contributed by atoms with Gasteiger partial charge in [0.1, 0.15) is 6.33 Å². The smallest absolute Gasteiger partial charge is 0.227 e. The standard InChI is InChI=1S/C23H22ClN7O/c24-19-8-6-17(7-9-19)14-20(32)29-10-12-30(13-11-29)22-21-23(26-16-25-22)31(28-27-21)15-18-4-2-1-3-5-18/h1-9,16H,10-15H2. The molecule has 9 heteroatoms. The first kappa shape index (κ1) is 20.4. The van der Waals surface area contributed by atoms with E-state index in [0.29, 0.717) is 55.3 Å². The van der Waals surface area contributed by atoms with Crippen molar-refractivity contribution in [3.8, 4) is 0 Å². The summed E-state index contributed by atoms with van der Waals surface area (Å²) in [5, 5.41) is 9.34. The summed E-state index contributed by atoms with van der Waals surface area (Å²) in [5.74, 6) is 0.882. The fourth-order valence-electron chi connectivity index (χ4n) is 3.93. The first-order valence-electron chi connectivity index (χ1n) is 10.5. The summed E-state index contributed by atoms with van der Waals surface area (Å²) >= 11 is 5.93. The first-order chi connectivity index (χ1) is 15.7. The zero-order chi connectivity index (χ0) is 21.9. The Morgan fingerprint density at radius 3 is 2.41 bits per heavy atom. The average Bonchev–Trinajstić information content (AvgIpc) is 3.24. The van der Waals surface area contributed by atoms with E-state index < -0.39 is 0 Å². The van der Waals surface area contributed by atoms with Crippen LogP contribution in [0.15, 0.2) is 60.9 Å². The highest BCUT2D eigenvalue weighted by atomic mass is 35.5. The number of hydrogen-bond acceptors (Lipinski definition) is 6. The number of amides is 1. The third kappa shape index (κ3) is 4.27. The summed E-state index contributed by atoms with van der Waals surface area (Å²) in [7, 11) is 0. The predicted octanol–water partition coefficient (Wildman–Crippen LogP) is 2.81. The maximum absolute atomic E-state index is 12.7. The number of anilines is 1. The van der Waals surface area contributed by atoms with Crippen LogP contribution in [0, 0.1) is 0 Å². The van der Waals surface area contributed by atoms with Crippen LogP contribution in [-0.4, -0.2) is 61.9 Å². The third-order valence-corrected chi connectivity index (χ3v) is 5.91. The van der Waals surface area contributed by atoms with Crippen LogP contribution in [0.2, 0.25) is 5.02 Å². The number of halogens is 1. The number of piperazine rings is 1. The fraction of sp³-hybridized carbons (Fsp3) is 0.261. The van der Waals surface area contributed by atoms with Gasteiger partial charge in [0.25, 0.3) is 0 Å². The van der Waals surface area contributed by atoms with Crippen LogP contribution in [-0.2, 0) is 17.8 Å². The number of benzene rings is 2. The highest BCUT2D eigenvalue weighted by molar-refractivity contribution is 6.30. The van der Waals surface area contributed by atoms with E-state index in [1.807, 2.05) is 47.4 Å². The van der Waals surface area contributed by atoms with E-state index in [0.717, 1.165) is 16.9 Å². The van der Waals surface area contributed by atoms with Crippen LogP contribution >= 0.6 is 11.6 Å². The summed E-state index contributed by atoms with van der Waals surface area (Å²) in [4.78, 5) is 25.7. The van der Waals surface area contributed by atoms with Gasteiger partial charge in [-0.25, -0.2) is 14.6 Å². The molecule has 0 aliphatic carbocycles. The lowest BCUT2D eigenvalue weighted by atomic mass is 10.1. The van der Waals surface area contributed by atoms with Gasteiger partial charge in [-0.05, 0) is 23.3 Å². The maximum Gasteiger partial charge on any atom is 0.227 e. The molecule has 1 aliphatic rings. The van der Waals surface area contributed by atoms with Gasteiger partial charge in [0, 0.05) is 31.2 Å². The van der Waals surface area contributed by atoms with Gasteiger partial charge >= 0.3 is 0 Å². The molecular formula is C23H22ClN7O. The normalized spacial score (nSPS) is 14.2. The lowest BCUT2D eigenvalue weighted by Gasteiger charge is -2.35. The Morgan fingerprint density at radius 1 is 0.906 bits per heavy atom. The minimum atomic E-state index is 0.119. The molecule has 162 valence electrons. The van der Waals surface area contributed by atoms with E-state index in [4.69, 9.17) is 11.6 Å². The molecule has 3 heterocycles. The van der Waals surface area contributed by atoms with Gasteiger partial charge < -0.3 is 9.80 Å². The van der Waals surface area contributed by atoms with Crippen molar-refractivity contribution in [2.75, 3.05) is 31.1 Å². The summed E-state index contributed by atoms with van der Waals surface area (Å²) in [5.41, 5.74) is 3.49. The molecule has 4 aromatic rings. The molecule has 1 aliphatic heterocycles. The maximum atomic E-state index is 12.7. The van der Waals surface area contributed by atoms with Crippen LogP contribution in [0.1, 0.15) is 11.1 Å². The van der Waals surface area contributed by atoms with E-state index in [1.165, 1.54) is 0 Å². The van der Waals surface area contributed by atoms with Crippen molar-refractivity contribution in [3.63, 3.8) is 0 Å². The summed E-state index contributed by atoms with van der Waals surface area (Å²) in [6.45, 7) is 3.24. The number of carbonyl (C=O) groups is 1. The number of nitrogens with zero attached hydrogens (tertiary/aromatic N) is 7. The number of aromatic nitrogens is 5. The second kappa shape index (κ2) is 8.92. The second-order valence-corrected chi connectivity index (χ2v) is 8.21. The monoisotopic (exact) mass is 447 g/mol. The molecule has 0 unspecified atom stereocenters. The van der Waals surface area contributed by atoms with Gasteiger partial charge in [-0.15, -0.1) is 5.10 Å². The third-order valence-electron chi connectivity index (χ3n) is 5.66. The molecule has 5 rings (SSSR count). The summed E-state index contributed by atoms with van der Waals surface area (Å²) in [6.07, 6.45) is 1.93. The molecule has 0 spiro atoms. The Labute approximate surface area is 190 Å². The van der Waals surface area contributed by atoms with Crippen LogP contribution in [0.4, 0.5) is 5.82 Å². The quantitative estimate of drug-likeness (QED) is 0.468. The van der Waals surface area contributed by atoms with Gasteiger partial charge in [-0.1, -0.05) is 59.3 Å². The Kier molecular flexibility index (Phi) is 5.68. The van der Waals surface area contributed by atoms with Gasteiger partial charge in [-0.2, -0.15) is 0 Å². The Bertz CT molecular complexity index is 1220. The largest absolute Gasteiger partial charge is 0.351 e. The molecule has 2 aromatic carbocycles. The van der Waals surface area contributed by atoms with Crippen molar-refractivity contribution < 1.29 is 4.79 Å². The molecule has 1 fully saturated rings. The van der Waals surface area contributed by atoms with Gasteiger partial charge in [0.2, 0.25) is 5.91 Å². The van der Waals surface area contributed by atoms with Gasteiger partial charge in [0.05, 0.1) is 13.0 Å². The SMILES string of the molecule is O=C(Cc1ccc(Cl)cc1)N1CCN(c2ncnc3c2nnn3Cc2ccccc2)CC1. The minimum absolute atomic E-state index is 0.119. The Morgan fingerprint density at radius 2 is 1.66 bits per heavy atom. The Hall–Kier alpha value is -3.52. The molecule has 1 saturated heterocycles. The number of carbonyl (C=O) groups excluding carboxylic acids is 1. The van der Waals surface area contributed by atoms with Crippen LogP contribution in [0.25, 0.3) is 11.2 Å². The van der Waals surface area contributed by atoms with Gasteiger partial charge in [0.15, 0.2) is 17.0 Å². The molecule has 0 radical (unpaired) electrons. The van der Waals surface area contributed by atoms with E-state index in [-0.39, 0.29) is 5.91 Å². The van der Waals surface area contributed by atoms with Crippen LogP contribution in [0.3, 0.4) is 0 Å². The second-order valence-electron chi connectivity index (χ2n) is 7.77. The van der Waals surface area contributed by atoms with Crippen molar-refractivity contribution in [2.24, 2.45) is 0 Å². The van der Waals surface area contributed by atoms with Crippen molar-refractivity contribution in [1.82, 2.24) is 29.9 Å². The molecular weight excluding hydrogens is 426 g/mol. The minimum Gasteiger partial charge on any atom is -0.351 e. The molecule has 1 amide bonds. The number of rotatable bonds is 5. The van der Waals surface area contributed by atoms with E-state index >= 15 is 0 Å². The summed E-state index contributed by atoms with van der Waals surface area (Å²) in [6, 6.07) is 17.5. The number of hydrogen-bond donors (Lipinski definition) is 0. The average molecular weight is 448 g/mol. The lowest BCUT2D eigenvalue weighted by molar-refractivity contribution is -0.130. The molecule has 0 saturated carbocycles. The number of fused-ring (bicyclic) bond motifs is 1. The summed E-state index contributed by atoms with van der Waals surface area (Å²) < 4.78 is 1.79. The van der Waals surface area contributed by atoms with Crippen molar-refractivity contribution in [1.29, 1.82) is 0 Å². The van der Waals surface area contributed by atoms with Crippen molar-refractivity contribution in [2.45, 2.75) is 13.0 Å². The zero-order valence-corrected chi connectivity index (χ0v) is 18.2. The van der Waals surface area contributed by atoms with E-state index in [2.05, 4.69) is 37.3 Å². The fourth-order valence-corrected chi connectivity index (χ4v) is 4.06. The predicted molar refractivity (Wildman–Crippen MR) is 123 cm³/mol. The van der Waals surface area contributed by atoms with E-state index in [9.17, 15) is 4.79 Å². The van der Waals surface area contributed by atoms with Crippen LogP contribution < -0.4 is 4.90 Å². The Balaban J connectivity index is 1.27. The van der Waals surface area contributed by atoms with Crippen LogP contribution in [0.5, 0.6) is 0 Å². The molecule has 8 nitrogen and oxygen atoms in total. The topological polar surface area (TPSA) is 80.0 Å². The molecule has 0 N–H and O–H groups in total. The van der Waals surface area contributed by atoms with Gasteiger partial charge in [-0.3, -0.25) is 4.79 Å². The molecule has 32 heavy (non-hydrogen) atoms. The zero-order valence-electron chi connectivity index (χ0n) is 17.4. The molecule has 0 bridgehead atoms. The highest BCUT2D eigenvalue weighted by Crippen LogP contribution is 2.22. The lowest BCUT2D eigenvalue weighted by Crippen LogP contribution is -2.49.